The second-order valence-corrected chi connectivity index (χ2v) is 6.03. The molecule has 0 spiro atoms. The number of rotatable bonds is 2. The fourth-order valence-electron chi connectivity index (χ4n) is 3.21. The lowest BCUT2D eigenvalue weighted by Crippen LogP contribution is -2.26. The highest BCUT2D eigenvalue weighted by Crippen LogP contribution is 2.40. The first-order valence-corrected chi connectivity index (χ1v) is 7.71. The summed E-state index contributed by atoms with van der Waals surface area (Å²) in [6.45, 7) is 3.97. The Morgan fingerprint density at radius 3 is 2.75 bits per heavy atom. The van der Waals surface area contributed by atoms with E-state index in [1.54, 1.807) is 12.1 Å². The second kappa shape index (κ2) is 5.19. The zero-order valence-corrected chi connectivity index (χ0v) is 13.4. The van der Waals surface area contributed by atoms with Crippen LogP contribution in [0.25, 0.3) is 11.3 Å². The van der Waals surface area contributed by atoms with Gasteiger partial charge in [0.1, 0.15) is 0 Å². The van der Waals surface area contributed by atoms with E-state index in [2.05, 4.69) is 16.5 Å². The summed E-state index contributed by atoms with van der Waals surface area (Å²) in [7, 11) is 0. The molecule has 2 heterocycles. The first-order chi connectivity index (χ1) is 11.5. The zero-order chi connectivity index (χ0) is 16.8. The van der Waals surface area contributed by atoms with E-state index < -0.39 is 6.17 Å². The number of hydrogen-bond acceptors (Lipinski definition) is 4. The molecule has 0 fully saturated rings. The van der Waals surface area contributed by atoms with Crippen molar-refractivity contribution >= 4 is 11.4 Å². The number of nitro benzene ring substituents is 1. The molecule has 1 aromatic heterocycles. The molecule has 1 aliphatic heterocycles. The van der Waals surface area contributed by atoms with Crippen molar-refractivity contribution in [1.82, 2.24) is 9.78 Å². The van der Waals surface area contributed by atoms with Crippen molar-refractivity contribution in [2.24, 2.45) is 0 Å². The Balaban J connectivity index is 1.94. The number of nitrogens with one attached hydrogen (secondary N) is 1. The molecule has 0 amide bonds. The van der Waals surface area contributed by atoms with Gasteiger partial charge in [-0.1, -0.05) is 23.8 Å². The number of aromatic nitrogens is 2. The van der Waals surface area contributed by atoms with Gasteiger partial charge in [0, 0.05) is 17.3 Å². The van der Waals surface area contributed by atoms with Crippen LogP contribution in [-0.2, 0) is 0 Å². The van der Waals surface area contributed by atoms with E-state index >= 15 is 0 Å². The van der Waals surface area contributed by atoms with E-state index in [0.29, 0.717) is 5.56 Å². The third kappa shape index (κ3) is 2.15. The number of nitrogens with zero attached hydrogens (tertiary/aromatic N) is 3. The molecule has 6 nitrogen and oxygen atoms in total. The molecule has 4 rings (SSSR count). The summed E-state index contributed by atoms with van der Waals surface area (Å²) in [5, 5.41) is 19.4. The average Bonchev–Trinajstić information content (AvgIpc) is 2.96. The first-order valence-electron chi connectivity index (χ1n) is 7.71. The van der Waals surface area contributed by atoms with Crippen LogP contribution in [0.5, 0.6) is 0 Å². The maximum atomic E-state index is 11.4. The van der Waals surface area contributed by atoms with E-state index in [-0.39, 0.29) is 10.6 Å². The van der Waals surface area contributed by atoms with Gasteiger partial charge in [0.05, 0.1) is 21.9 Å². The number of hydrogen-bond donors (Lipinski definition) is 1. The molecule has 0 aliphatic carbocycles. The lowest BCUT2D eigenvalue weighted by molar-refractivity contribution is -0.385. The van der Waals surface area contributed by atoms with Gasteiger partial charge in [-0.15, -0.1) is 0 Å². The fourth-order valence-corrected chi connectivity index (χ4v) is 3.21. The van der Waals surface area contributed by atoms with Gasteiger partial charge in [0.25, 0.3) is 5.69 Å². The normalized spacial score (nSPS) is 15.3. The molecule has 120 valence electrons. The van der Waals surface area contributed by atoms with Gasteiger partial charge in [0.2, 0.25) is 0 Å². The molecule has 6 heteroatoms. The summed E-state index contributed by atoms with van der Waals surface area (Å²) in [6.07, 6.45) is -0.412. The van der Waals surface area contributed by atoms with Crippen molar-refractivity contribution < 1.29 is 4.92 Å². The van der Waals surface area contributed by atoms with E-state index in [0.717, 1.165) is 28.2 Å². The van der Waals surface area contributed by atoms with Crippen LogP contribution in [0.3, 0.4) is 0 Å². The highest BCUT2D eigenvalue weighted by atomic mass is 16.6. The van der Waals surface area contributed by atoms with Crippen molar-refractivity contribution in [2.75, 3.05) is 5.32 Å². The van der Waals surface area contributed by atoms with Crippen molar-refractivity contribution in [3.8, 4) is 11.3 Å². The first kappa shape index (κ1) is 14.4. The van der Waals surface area contributed by atoms with Gasteiger partial charge >= 0.3 is 0 Å². The monoisotopic (exact) mass is 320 g/mol. The molecule has 24 heavy (non-hydrogen) atoms. The smallest absolute Gasteiger partial charge is 0.276 e. The van der Waals surface area contributed by atoms with Crippen LogP contribution in [0.4, 0.5) is 11.4 Å². The van der Waals surface area contributed by atoms with Gasteiger partial charge < -0.3 is 5.32 Å². The molecule has 3 aromatic rings. The maximum absolute atomic E-state index is 11.4. The molecule has 0 saturated carbocycles. The molecule has 0 saturated heterocycles. The molecule has 1 aliphatic rings. The Morgan fingerprint density at radius 2 is 1.96 bits per heavy atom. The van der Waals surface area contributed by atoms with Gasteiger partial charge in [-0.05, 0) is 38.1 Å². The molecule has 1 unspecified atom stereocenters. The molecule has 1 N–H and O–H groups in total. The standard InChI is InChI=1S/C18H16N4O2/c1-11-7-8-15-14(9-11)17-10-12(2)20-21(17)18(19-15)13-5-3-4-6-16(13)22(23)24/h3-10,18-19H,1-2H3. The highest BCUT2D eigenvalue weighted by Gasteiger charge is 2.30. The van der Waals surface area contributed by atoms with Gasteiger partial charge in [-0.2, -0.15) is 5.10 Å². The third-order valence-corrected chi connectivity index (χ3v) is 4.27. The Hall–Kier alpha value is -3.15. The third-order valence-electron chi connectivity index (χ3n) is 4.27. The summed E-state index contributed by atoms with van der Waals surface area (Å²) >= 11 is 0. The number of anilines is 1. The van der Waals surface area contributed by atoms with Crippen molar-refractivity contribution in [3.05, 3.63) is 75.5 Å². The van der Waals surface area contributed by atoms with Crippen molar-refractivity contribution in [3.63, 3.8) is 0 Å². The minimum atomic E-state index is -0.412. The molecule has 2 aromatic carbocycles. The number of para-hydroxylation sites is 1. The second-order valence-electron chi connectivity index (χ2n) is 6.03. The van der Waals surface area contributed by atoms with Gasteiger partial charge in [-0.3, -0.25) is 10.1 Å². The summed E-state index contributed by atoms with van der Waals surface area (Å²) in [5.74, 6) is 0. The Labute approximate surface area is 138 Å². The summed E-state index contributed by atoms with van der Waals surface area (Å²) in [5.41, 5.74) is 5.70. The van der Waals surface area contributed by atoms with Crippen LogP contribution in [0, 0.1) is 24.0 Å². The number of nitro groups is 1. The predicted octanol–water partition coefficient (Wildman–Crippen LogP) is 4.05. The van der Waals surface area contributed by atoms with E-state index in [1.807, 2.05) is 42.8 Å². The molecule has 0 bridgehead atoms. The van der Waals surface area contributed by atoms with E-state index in [1.165, 1.54) is 6.07 Å². The summed E-state index contributed by atoms with van der Waals surface area (Å²) in [4.78, 5) is 11.1. The molecule has 0 radical (unpaired) electrons. The fraction of sp³-hybridized carbons (Fsp3) is 0.167. The van der Waals surface area contributed by atoms with Gasteiger partial charge in [0.15, 0.2) is 6.17 Å². The van der Waals surface area contributed by atoms with Crippen LogP contribution in [-0.4, -0.2) is 14.7 Å². The molecular formula is C18H16N4O2. The zero-order valence-electron chi connectivity index (χ0n) is 13.4. The lowest BCUT2D eigenvalue weighted by atomic mass is 10.0. The minimum absolute atomic E-state index is 0.0877. The van der Waals surface area contributed by atoms with Crippen LogP contribution in [0.2, 0.25) is 0 Å². The van der Waals surface area contributed by atoms with Gasteiger partial charge in [-0.25, -0.2) is 4.68 Å². The van der Waals surface area contributed by atoms with E-state index in [4.69, 9.17) is 0 Å². The van der Waals surface area contributed by atoms with Crippen LogP contribution >= 0.6 is 0 Å². The minimum Gasteiger partial charge on any atom is -0.359 e. The SMILES string of the molecule is Cc1ccc2c(c1)-c1cc(C)nn1C(c1ccccc1[N+](=O)[O-])N2. The number of fused-ring (bicyclic) bond motifs is 3. The molecule has 1 atom stereocenters. The van der Waals surface area contributed by atoms with E-state index in [9.17, 15) is 10.1 Å². The van der Waals surface area contributed by atoms with Crippen molar-refractivity contribution in [2.45, 2.75) is 20.0 Å². The topological polar surface area (TPSA) is 73.0 Å². The quantitative estimate of drug-likeness (QED) is 0.571. The van der Waals surface area contributed by atoms with Crippen LogP contribution in [0.15, 0.2) is 48.5 Å². The highest BCUT2D eigenvalue weighted by molar-refractivity contribution is 5.79. The Bertz CT molecular complexity index is 961. The van der Waals surface area contributed by atoms with Crippen LogP contribution < -0.4 is 5.32 Å². The Kier molecular flexibility index (Phi) is 3.13. The average molecular weight is 320 g/mol. The summed E-state index contributed by atoms with van der Waals surface area (Å²) in [6, 6.07) is 14.9. The number of benzene rings is 2. The lowest BCUT2D eigenvalue weighted by Gasteiger charge is -2.29. The maximum Gasteiger partial charge on any atom is 0.276 e. The Morgan fingerprint density at radius 1 is 1.17 bits per heavy atom. The van der Waals surface area contributed by atoms with Crippen molar-refractivity contribution in [1.29, 1.82) is 0 Å². The van der Waals surface area contributed by atoms with Crippen LogP contribution in [0.1, 0.15) is 23.0 Å². The molecular weight excluding hydrogens is 304 g/mol. The number of aryl methyl sites for hydroxylation is 2. The largest absolute Gasteiger partial charge is 0.359 e. The predicted molar refractivity (Wildman–Crippen MR) is 92.0 cm³/mol. The summed E-state index contributed by atoms with van der Waals surface area (Å²) < 4.78 is 1.83.